The second-order valence-corrected chi connectivity index (χ2v) is 10.3. The Hall–Kier alpha value is -3.36. The zero-order valence-electron chi connectivity index (χ0n) is 18.1. The third-order valence-electron chi connectivity index (χ3n) is 5.46. The maximum atomic E-state index is 13.8. The summed E-state index contributed by atoms with van der Waals surface area (Å²) in [7, 11) is -2.34. The molecule has 0 bridgehead atoms. The lowest BCUT2D eigenvalue weighted by Gasteiger charge is -2.15. The first kappa shape index (κ1) is 24.3. The summed E-state index contributed by atoms with van der Waals surface area (Å²) in [5.41, 5.74) is -0.284. The van der Waals surface area contributed by atoms with Gasteiger partial charge in [0.2, 0.25) is 0 Å². The maximum Gasteiger partial charge on any atom is 0.356 e. The van der Waals surface area contributed by atoms with Crippen molar-refractivity contribution in [1.29, 1.82) is 0 Å². The molecule has 5 aromatic rings. The van der Waals surface area contributed by atoms with Crippen molar-refractivity contribution < 1.29 is 13.7 Å². The molecule has 6 nitrogen and oxygen atoms in total. The molecule has 0 radical (unpaired) electrons. The van der Waals surface area contributed by atoms with Crippen LogP contribution < -0.4 is 11.2 Å². The van der Waals surface area contributed by atoms with E-state index in [1.165, 1.54) is 22.8 Å². The van der Waals surface area contributed by atoms with Crippen LogP contribution >= 0.6 is 34.8 Å². The summed E-state index contributed by atoms with van der Waals surface area (Å²) in [5.74, 6) is -0.768. The van der Waals surface area contributed by atoms with Gasteiger partial charge in [0, 0.05) is 11.8 Å². The van der Waals surface area contributed by atoms with E-state index in [1.807, 2.05) is 6.07 Å². The molecule has 1 N–H and O–H groups in total. The van der Waals surface area contributed by atoms with Gasteiger partial charge in [0.25, 0.3) is 5.56 Å². The zero-order valence-corrected chi connectivity index (χ0v) is 21.2. The van der Waals surface area contributed by atoms with Crippen LogP contribution in [0.2, 0.25) is 15.1 Å². The standard InChI is InChI=1S/C26H14Cl3NO5S/c27-16-11-18(29)21(12-17(16)28)36(34)24-23(31)22-20(35-26(24)33)13-19(14-7-3-1-4-8-14)30(25(22)32)15-9-5-2-6-10-15/h1-13,31H. The highest BCUT2D eigenvalue weighted by Gasteiger charge is 2.27. The molecule has 0 saturated heterocycles. The average Bonchev–Trinajstić information content (AvgIpc) is 2.86. The molecule has 0 fully saturated rings. The van der Waals surface area contributed by atoms with Crippen LogP contribution in [-0.4, -0.2) is 13.9 Å². The van der Waals surface area contributed by atoms with Crippen molar-refractivity contribution in [3.05, 3.63) is 115 Å². The van der Waals surface area contributed by atoms with Crippen LogP contribution in [0.1, 0.15) is 0 Å². The molecule has 0 amide bonds. The Labute approximate surface area is 221 Å². The van der Waals surface area contributed by atoms with Gasteiger partial charge in [-0.05, 0) is 29.8 Å². The molecule has 36 heavy (non-hydrogen) atoms. The summed E-state index contributed by atoms with van der Waals surface area (Å²) in [6.45, 7) is 0. The third kappa shape index (κ3) is 4.14. The van der Waals surface area contributed by atoms with Gasteiger partial charge in [-0.2, -0.15) is 0 Å². The van der Waals surface area contributed by atoms with E-state index in [0.29, 0.717) is 16.9 Å². The number of nitrogens with zero attached hydrogens (tertiary/aromatic N) is 1. The van der Waals surface area contributed by atoms with E-state index in [9.17, 15) is 18.9 Å². The Morgan fingerprint density at radius 2 is 1.42 bits per heavy atom. The van der Waals surface area contributed by atoms with Crippen molar-refractivity contribution >= 4 is 56.6 Å². The highest BCUT2D eigenvalue weighted by Crippen LogP contribution is 2.36. The molecular weight excluding hydrogens is 545 g/mol. The SMILES string of the molecule is O=c1oc2cc(-c3ccccc3)n(-c3ccccc3)c(=O)c2c(O)c1S(=O)c1cc(Cl)c(Cl)cc1Cl. The molecule has 1 atom stereocenters. The number of rotatable bonds is 4. The van der Waals surface area contributed by atoms with Crippen LogP contribution in [0.3, 0.4) is 0 Å². The fourth-order valence-electron chi connectivity index (χ4n) is 3.82. The molecular formula is C26H14Cl3NO5S. The minimum Gasteiger partial charge on any atom is -0.505 e. The molecule has 1 unspecified atom stereocenters. The largest absolute Gasteiger partial charge is 0.505 e. The van der Waals surface area contributed by atoms with Crippen LogP contribution in [0.25, 0.3) is 27.9 Å². The summed E-state index contributed by atoms with van der Waals surface area (Å²) < 4.78 is 20.2. The molecule has 0 aliphatic rings. The molecule has 0 aliphatic carbocycles. The zero-order chi connectivity index (χ0) is 25.6. The molecule has 10 heteroatoms. The second kappa shape index (κ2) is 9.59. The summed E-state index contributed by atoms with van der Waals surface area (Å²) in [5, 5.41) is 10.9. The number of fused-ring (bicyclic) bond motifs is 1. The van der Waals surface area contributed by atoms with Gasteiger partial charge in [0.15, 0.2) is 10.6 Å². The predicted molar refractivity (Wildman–Crippen MR) is 141 cm³/mol. The summed E-state index contributed by atoms with van der Waals surface area (Å²) >= 11 is 18.2. The monoisotopic (exact) mass is 557 g/mol. The number of halogens is 3. The maximum absolute atomic E-state index is 13.8. The van der Waals surface area contributed by atoms with Crippen LogP contribution in [-0.2, 0) is 10.8 Å². The number of hydrogen-bond donors (Lipinski definition) is 1. The Kier molecular flexibility index (Phi) is 6.49. The Bertz CT molecular complexity index is 1780. The summed E-state index contributed by atoms with van der Waals surface area (Å²) in [6.07, 6.45) is 0. The van der Waals surface area contributed by atoms with E-state index in [1.54, 1.807) is 54.6 Å². The van der Waals surface area contributed by atoms with Crippen LogP contribution in [0.4, 0.5) is 0 Å². The number of para-hydroxylation sites is 1. The van der Waals surface area contributed by atoms with Crippen LogP contribution in [0.15, 0.2) is 103 Å². The third-order valence-corrected chi connectivity index (χ3v) is 8.07. The molecule has 3 aromatic carbocycles. The fraction of sp³-hybridized carbons (Fsp3) is 0. The second-order valence-electron chi connectivity index (χ2n) is 7.64. The summed E-state index contributed by atoms with van der Waals surface area (Å²) in [4.78, 5) is 26.0. The molecule has 0 saturated carbocycles. The Morgan fingerprint density at radius 1 is 0.806 bits per heavy atom. The Balaban J connectivity index is 1.84. The van der Waals surface area contributed by atoms with E-state index in [4.69, 9.17) is 39.2 Å². The van der Waals surface area contributed by atoms with E-state index >= 15 is 0 Å². The number of aromatic nitrogens is 1. The Morgan fingerprint density at radius 3 is 2.08 bits per heavy atom. The van der Waals surface area contributed by atoms with E-state index < -0.39 is 32.6 Å². The van der Waals surface area contributed by atoms with Gasteiger partial charge in [-0.3, -0.25) is 9.36 Å². The molecule has 2 heterocycles. The van der Waals surface area contributed by atoms with E-state index in [0.717, 1.165) is 0 Å². The predicted octanol–water partition coefficient (Wildman–Crippen LogP) is 6.44. The van der Waals surface area contributed by atoms with Gasteiger partial charge in [0.1, 0.15) is 11.0 Å². The van der Waals surface area contributed by atoms with Gasteiger partial charge < -0.3 is 9.52 Å². The first-order valence-corrected chi connectivity index (χ1v) is 12.7. The molecule has 0 spiro atoms. The lowest BCUT2D eigenvalue weighted by molar-refractivity contribution is 0.444. The first-order valence-electron chi connectivity index (χ1n) is 10.4. The molecule has 2 aromatic heterocycles. The van der Waals surface area contributed by atoms with Gasteiger partial charge in [0.05, 0.1) is 36.5 Å². The van der Waals surface area contributed by atoms with Crippen LogP contribution in [0, 0.1) is 0 Å². The lowest BCUT2D eigenvalue weighted by atomic mass is 10.1. The van der Waals surface area contributed by atoms with Gasteiger partial charge >= 0.3 is 5.63 Å². The van der Waals surface area contributed by atoms with Crippen molar-refractivity contribution in [3.63, 3.8) is 0 Å². The topological polar surface area (TPSA) is 89.5 Å². The number of aromatic hydroxyl groups is 1. The van der Waals surface area contributed by atoms with E-state index in [-0.39, 0.29) is 30.9 Å². The normalized spacial score (nSPS) is 12.1. The summed E-state index contributed by atoms with van der Waals surface area (Å²) in [6, 6.07) is 21.8. The minimum atomic E-state index is -2.34. The average molecular weight is 559 g/mol. The highest BCUT2D eigenvalue weighted by atomic mass is 35.5. The molecule has 5 rings (SSSR count). The molecule has 0 aliphatic heterocycles. The highest BCUT2D eigenvalue weighted by molar-refractivity contribution is 7.85. The van der Waals surface area contributed by atoms with Gasteiger partial charge in [-0.25, -0.2) is 9.00 Å². The van der Waals surface area contributed by atoms with Crippen molar-refractivity contribution in [2.24, 2.45) is 0 Å². The van der Waals surface area contributed by atoms with Crippen LogP contribution in [0.5, 0.6) is 5.75 Å². The molecule has 180 valence electrons. The quantitative estimate of drug-likeness (QED) is 0.256. The van der Waals surface area contributed by atoms with Crippen molar-refractivity contribution in [3.8, 4) is 22.7 Å². The number of hydrogen-bond acceptors (Lipinski definition) is 5. The first-order chi connectivity index (χ1) is 17.3. The minimum absolute atomic E-state index is 0.0391. The van der Waals surface area contributed by atoms with Gasteiger partial charge in [-0.15, -0.1) is 0 Å². The smallest absolute Gasteiger partial charge is 0.356 e. The van der Waals surface area contributed by atoms with Crippen molar-refractivity contribution in [2.45, 2.75) is 9.79 Å². The fourth-order valence-corrected chi connectivity index (χ4v) is 5.79. The van der Waals surface area contributed by atoms with Crippen molar-refractivity contribution in [2.75, 3.05) is 0 Å². The number of pyridine rings is 1. The van der Waals surface area contributed by atoms with Crippen molar-refractivity contribution in [1.82, 2.24) is 4.57 Å². The lowest BCUT2D eigenvalue weighted by Crippen LogP contribution is -2.22. The number of benzene rings is 3. The van der Waals surface area contributed by atoms with E-state index in [2.05, 4.69) is 0 Å². The van der Waals surface area contributed by atoms with Gasteiger partial charge in [-0.1, -0.05) is 83.3 Å².